The summed E-state index contributed by atoms with van der Waals surface area (Å²) < 4.78 is 73.0. The molecular formula is C31H27N9Na2O7S2. The molecule has 0 aliphatic heterocycles. The third-order valence-electron chi connectivity index (χ3n) is 6.68. The van der Waals surface area contributed by atoms with Gasteiger partial charge in [0.1, 0.15) is 37.3 Å². The minimum atomic E-state index is -5.30. The number of nitrogen functional groups attached to an aromatic ring is 3. The fraction of sp³-hybridized carbons (Fsp3) is 0.0323. The van der Waals surface area contributed by atoms with Gasteiger partial charge in [-0.1, -0.05) is 18.2 Å². The van der Waals surface area contributed by atoms with Gasteiger partial charge in [0.25, 0.3) is 0 Å². The van der Waals surface area contributed by atoms with E-state index in [0.717, 1.165) is 17.7 Å². The normalized spacial score (nSPS) is 11.7. The quantitative estimate of drug-likeness (QED) is 0.0583. The van der Waals surface area contributed by atoms with Crippen molar-refractivity contribution >= 4 is 82.2 Å². The van der Waals surface area contributed by atoms with Gasteiger partial charge in [-0.3, -0.25) is 0 Å². The number of azo groups is 3. The van der Waals surface area contributed by atoms with Gasteiger partial charge in [0, 0.05) is 5.69 Å². The van der Waals surface area contributed by atoms with Crippen molar-refractivity contribution in [2.45, 2.75) is 16.7 Å². The molecule has 0 saturated carbocycles. The minimum Gasteiger partial charge on any atom is -0.744 e. The van der Waals surface area contributed by atoms with E-state index < -0.39 is 52.8 Å². The Hall–Kier alpha value is -4.08. The molecular weight excluding hydrogens is 721 g/mol. The molecule has 5 rings (SSSR count). The van der Waals surface area contributed by atoms with E-state index in [1.54, 1.807) is 37.3 Å². The summed E-state index contributed by atoms with van der Waals surface area (Å²) >= 11 is 0. The van der Waals surface area contributed by atoms with E-state index in [1.807, 2.05) is 0 Å². The zero-order chi connectivity index (χ0) is 36.1. The Morgan fingerprint density at radius 1 is 0.627 bits per heavy atom. The number of rotatable bonds is 8. The summed E-state index contributed by atoms with van der Waals surface area (Å²) in [6.07, 6.45) is 0. The van der Waals surface area contributed by atoms with Crippen LogP contribution < -0.4 is 76.3 Å². The van der Waals surface area contributed by atoms with Gasteiger partial charge in [-0.2, -0.15) is 15.3 Å². The first-order valence-electron chi connectivity index (χ1n) is 13.7. The zero-order valence-electron chi connectivity index (χ0n) is 27.5. The second-order valence-corrected chi connectivity index (χ2v) is 12.6. The van der Waals surface area contributed by atoms with E-state index in [2.05, 4.69) is 43.8 Å². The molecule has 0 aliphatic rings. The van der Waals surface area contributed by atoms with Crippen molar-refractivity contribution in [3.63, 3.8) is 0 Å². The maximum absolute atomic E-state index is 12.2. The van der Waals surface area contributed by atoms with Gasteiger partial charge in [0.15, 0.2) is 5.75 Å². The Labute approximate surface area is 337 Å². The molecule has 51 heavy (non-hydrogen) atoms. The first kappa shape index (κ1) is 43.1. The molecule has 0 spiro atoms. The fourth-order valence-electron chi connectivity index (χ4n) is 4.31. The van der Waals surface area contributed by atoms with E-state index >= 15 is 0 Å². The van der Waals surface area contributed by atoms with E-state index in [1.165, 1.54) is 36.4 Å². The van der Waals surface area contributed by atoms with Crippen molar-refractivity contribution in [2.24, 2.45) is 30.7 Å². The van der Waals surface area contributed by atoms with E-state index in [0.29, 0.717) is 22.7 Å². The van der Waals surface area contributed by atoms with Gasteiger partial charge in [0.05, 0.1) is 43.6 Å². The summed E-state index contributed by atoms with van der Waals surface area (Å²) in [5, 5.41) is 34.1. The number of hydrogen-bond acceptors (Lipinski definition) is 16. The Balaban J connectivity index is 0.00000221. The third-order valence-corrected chi connectivity index (χ3v) is 8.38. The Morgan fingerprint density at radius 2 is 1.08 bits per heavy atom. The van der Waals surface area contributed by atoms with E-state index in [9.17, 15) is 31.0 Å². The van der Waals surface area contributed by atoms with Crippen LogP contribution in [0, 0.1) is 6.92 Å². The van der Waals surface area contributed by atoms with Crippen LogP contribution in [0.4, 0.5) is 51.2 Å². The maximum Gasteiger partial charge on any atom is 1.00 e. The maximum atomic E-state index is 12.2. The van der Waals surface area contributed by atoms with Crippen LogP contribution in [0.2, 0.25) is 0 Å². The van der Waals surface area contributed by atoms with Crippen molar-refractivity contribution in [2.75, 3.05) is 17.2 Å². The van der Waals surface area contributed by atoms with Crippen molar-refractivity contribution < 1.29 is 90.2 Å². The average molecular weight is 748 g/mol. The number of phenolic OH excluding ortho intramolecular Hbond substituents is 1. The summed E-state index contributed by atoms with van der Waals surface area (Å²) in [6.45, 7) is 7.80. The molecule has 7 N–H and O–H groups in total. The molecule has 0 heterocycles. The smallest absolute Gasteiger partial charge is 0.744 e. The van der Waals surface area contributed by atoms with Crippen LogP contribution in [-0.2, 0) is 20.2 Å². The largest absolute Gasteiger partial charge is 1.00 e. The molecule has 0 aliphatic carbocycles. The number of fused-ring (bicyclic) bond motifs is 1. The molecule has 0 amide bonds. The Kier molecular flexibility index (Phi) is 15.1. The summed E-state index contributed by atoms with van der Waals surface area (Å²) in [4.78, 5) is -2.02. The molecule has 252 valence electrons. The Morgan fingerprint density at radius 3 is 1.59 bits per heavy atom. The number of aryl methyl sites for hydroxylation is 1. The van der Waals surface area contributed by atoms with Crippen LogP contribution in [-0.4, -0.2) is 31.0 Å². The van der Waals surface area contributed by atoms with Gasteiger partial charge in [-0.05, 0) is 78.5 Å². The first-order valence-corrected chi connectivity index (χ1v) is 16.5. The second kappa shape index (κ2) is 17.9. The van der Waals surface area contributed by atoms with Gasteiger partial charge < -0.3 is 31.4 Å². The van der Waals surface area contributed by atoms with Gasteiger partial charge in [-0.25, -0.2) is 16.8 Å². The molecule has 0 aromatic heterocycles. The number of aromatic hydroxyl groups is 1. The van der Waals surface area contributed by atoms with Crippen LogP contribution in [0.5, 0.6) is 5.75 Å². The summed E-state index contributed by atoms with van der Waals surface area (Å²) in [6, 6.07) is 18.7. The molecule has 20 heteroatoms. The van der Waals surface area contributed by atoms with Crippen LogP contribution >= 0.6 is 0 Å². The van der Waals surface area contributed by atoms with Crippen LogP contribution in [0.15, 0.2) is 132 Å². The molecule has 0 atom stereocenters. The number of phenols is 1. The molecule has 16 nitrogen and oxygen atoms in total. The summed E-state index contributed by atoms with van der Waals surface area (Å²) in [5.74, 6) is -0.924. The summed E-state index contributed by atoms with van der Waals surface area (Å²) in [7, 11) is -10.6. The topological polar surface area (TPSA) is 287 Å². The molecule has 0 unspecified atom stereocenters. The van der Waals surface area contributed by atoms with Crippen molar-refractivity contribution in [3.8, 4) is 5.75 Å². The van der Waals surface area contributed by atoms with Crippen molar-refractivity contribution in [3.05, 3.63) is 97.6 Å². The average Bonchev–Trinajstić information content (AvgIpc) is 3.05. The van der Waals surface area contributed by atoms with E-state index in [4.69, 9.17) is 17.2 Å². The molecule has 0 bridgehead atoms. The van der Waals surface area contributed by atoms with Gasteiger partial charge in [-0.15, -0.1) is 28.5 Å². The third kappa shape index (κ3) is 10.3. The van der Waals surface area contributed by atoms with Crippen LogP contribution in [0.3, 0.4) is 0 Å². The molecule has 5 aromatic rings. The van der Waals surface area contributed by atoms with Gasteiger partial charge >= 0.3 is 59.1 Å². The SMILES string of the molecule is C=C.Cc1cc(N=Nc2ccc(N=Nc3c(S(=O)(=O)[O-])cc4cc(S(=O)(=O)[O-])c(N=Nc5ccccc5)c(O)c4c3N)cc2)c(N)cc1N.[Na+].[Na+]. The van der Waals surface area contributed by atoms with Crippen molar-refractivity contribution in [1.82, 2.24) is 0 Å². The predicted octanol–water partition coefficient (Wildman–Crippen LogP) is 1.47. The zero-order valence-corrected chi connectivity index (χ0v) is 33.2. The molecule has 0 saturated heterocycles. The van der Waals surface area contributed by atoms with Gasteiger partial charge in [0.2, 0.25) is 0 Å². The number of anilines is 3. The predicted molar refractivity (Wildman–Crippen MR) is 183 cm³/mol. The number of hydrogen-bond donors (Lipinski definition) is 4. The molecule has 0 radical (unpaired) electrons. The summed E-state index contributed by atoms with van der Waals surface area (Å²) in [5.41, 5.74) is 18.9. The molecule has 0 fully saturated rings. The first-order chi connectivity index (χ1) is 23.1. The van der Waals surface area contributed by atoms with Crippen molar-refractivity contribution in [1.29, 1.82) is 0 Å². The van der Waals surface area contributed by atoms with Crippen LogP contribution in [0.25, 0.3) is 10.8 Å². The Bertz CT molecular complexity index is 2380. The fourth-order valence-corrected chi connectivity index (χ4v) is 5.62. The standard InChI is InChI=1S/C29H25N9O7S2.C2H4.2Na/c1-15-11-22(21(31)14-20(15)30)36-33-18-7-9-19(10-8-18)35-37-27-23(46(40,41)42)12-16-13-24(47(43,44)45)28(29(39)25(16)26(27)32)38-34-17-5-3-2-4-6-17;1-2;;/h2-14,39H,30-32H2,1H3,(H,40,41,42)(H,43,44,45);1-2H2;;/q;;2*+1/p-2. The minimum absolute atomic E-state index is 0. The number of benzene rings is 5. The van der Waals surface area contributed by atoms with E-state index in [-0.39, 0.29) is 81.3 Å². The molecule has 5 aromatic carbocycles. The van der Waals surface area contributed by atoms with Crippen LogP contribution in [0.1, 0.15) is 5.56 Å². The number of nitrogens with zero attached hydrogens (tertiary/aromatic N) is 6. The second-order valence-electron chi connectivity index (χ2n) is 9.93. The number of nitrogens with two attached hydrogens (primary N) is 3. The monoisotopic (exact) mass is 747 g/mol.